The van der Waals surface area contributed by atoms with E-state index in [-0.39, 0.29) is 5.91 Å². The summed E-state index contributed by atoms with van der Waals surface area (Å²) < 4.78 is 0. The molecular weight excluding hydrogens is 236 g/mol. The Morgan fingerprint density at radius 2 is 1.88 bits per heavy atom. The van der Waals surface area contributed by atoms with Crippen molar-refractivity contribution < 1.29 is 4.79 Å². The van der Waals surface area contributed by atoms with E-state index in [1.54, 1.807) is 5.01 Å². The lowest BCUT2D eigenvalue weighted by atomic mass is 10.1. The molecule has 0 saturated heterocycles. The Labute approximate surface area is 108 Å². The molecule has 4 heteroatoms. The summed E-state index contributed by atoms with van der Waals surface area (Å²) >= 11 is 5.81. The van der Waals surface area contributed by atoms with Crippen molar-refractivity contribution in [2.24, 2.45) is 0 Å². The number of rotatable bonds is 6. The summed E-state index contributed by atoms with van der Waals surface area (Å²) in [7, 11) is 3.62. The number of unbranched alkanes of at least 4 members (excludes halogenated alkanes) is 1. The minimum absolute atomic E-state index is 0.0751. The summed E-state index contributed by atoms with van der Waals surface area (Å²) in [6, 6.07) is 7.86. The molecule has 17 heavy (non-hydrogen) atoms. The molecule has 0 spiro atoms. The van der Waals surface area contributed by atoms with Gasteiger partial charge in [0, 0.05) is 25.5 Å². The molecule has 0 saturated carbocycles. The Morgan fingerprint density at radius 3 is 2.47 bits per heavy atom. The molecule has 0 aliphatic heterocycles. The quantitative estimate of drug-likeness (QED) is 0.625. The van der Waals surface area contributed by atoms with Gasteiger partial charge in [-0.1, -0.05) is 23.7 Å². The average Bonchev–Trinajstić information content (AvgIpc) is 2.26. The number of hydrazine groups is 1. The van der Waals surface area contributed by atoms with Gasteiger partial charge in [-0.3, -0.25) is 10.2 Å². The third kappa shape index (κ3) is 6.29. The highest BCUT2D eigenvalue weighted by molar-refractivity contribution is 6.30. The predicted molar refractivity (Wildman–Crippen MR) is 70.8 cm³/mol. The lowest BCUT2D eigenvalue weighted by Gasteiger charge is -2.11. The van der Waals surface area contributed by atoms with E-state index in [0.717, 1.165) is 24.3 Å². The van der Waals surface area contributed by atoms with Crippen LogP contribution >= 0.6 is 11.6 Å². The zero-order chi connectivity index (χ0) is 12.7. The maximum atomic E-state index is 11.3. The van der Waals surface area contributed by atoms with Crippen LogP contribution in [0.25, 0.3) is 0 Å². The lowest BCUT2D eigenvalue weighted by molar-refractivity contribution is -0.124. The number of hydrogen-bond acceptors (Lipinski definition) is 2. The SMILES string of the molecule is CN(C)NC(=O)CCCCc1ccc(Cl)cc1. The second-order valence-corrected chi connectivity index (χ2v) is 4.70. The van der Waals surface area contributed by atoms with Crippen LogP contribution in [0.5, 0.6) is 0 Å². The Hall–Kier alpha value is -1.06. The summed E-state index contributed by atoms with van der Waals surface area (Å²) in [5.74, 6) is 0.0751. The van der Waals surface area contributed by atoms with Crippen LogP contribution in [0.15, 0.2) is 24.3 Å². The second-order valence-electron chi connectivity index (χ2n) is 4.26. The van der Waals surface area contributed by atoms with Gasteiger partial charge in [0.05, 0.1) is 0 Å². The molecule has 3 nitrogen and oxygen atoms in total. The van der Waals surface area contributed by atoms with Gasteiger partial charge in [0.2, 0.25) is 5.91 Å². The Kier molecular flexibility index (Phi) is 6.01. The van der Waals surface area contributed by atoms with Gasteiger partial charge >= 0.3 is 0 Å². The van der Waals surface area contributed by atoms with Gasteiger partial charge in [-0.15, -0.1) is 0 Å². The Morgan fingerprint density at radius 1 is 1.24 bits per heavy atom. The van der Waals surface area contributed by atoms with Gasteiger partial charge in [-0.25, -0.2) is 5.01 Å². The molecule has 0 aliphatic carbocycles. The van der Waals surface area contributed by atoms with Crippen LogP contribution in [0.2, 0.25) is 5.02 Å². The van der Waals surface area contributed by atoms with Crippen LogP contribution in [0.3, 0.4) is 0 Å². The van der Waals surface area contributed by atoms with Crippen LogP contribution in [0, 0.1) is 0 Å². The Bertz CT molecular complexity index is 349. The number of carbonyl (C=O) groups is 1. The maximum absolute atomic E-state index is 11.3. The molecule has 0 fully saturated rings. The summed E-state index contributed by atoms with van der Waals surface area (Å²) in [5.41, 5.74) is 3.99. The van der Waals surface area contributed by atoms with Gasteiger partial charge in [-0.05, 0) is 37.0 Å². The number of nitrogens with zero attached hydrogens (tertiary/aromatic N) is 1. The number of hydrogen-bond donors (Lipinski definition) is 1. The first-order chi connectivity index (χ1) is 8.08. The van der Waals surface area contributed by atoms with E-state index in [2.05, 4.69) is 5.43 Å². The first-order valence-corrected chi connectivity index (χ1v) is 6.17. The number of carbonyl (C=O) groups excluding carboxylic acids is 1. The van der Waals surface area contributed by atoms with Crippen LogP contribution in [-0.4, -0.2) is 25.0 Å². The third-order valence-electron chi connectivity index (χ3n) is 2.38. The molecule has 0 bridgehead atoms. The summed E-state index contributed by atoms with van der Waals surface area (Å²) in [5, 5.41) is 2.43. The molecule has 0 aliphatic rings. The van der Waals surface area contributed by atoms with Crippen LogP contribution in [0.4, 0.5) is 0 Å². The number of nitrogens with one attached hydrogen (secondary N) is 1. The smallest absolute Gasteiger partial charge is 0.234 e. The summed E-state index contributed by atoms with van der Waals surface area (Å²) in [6.45, 7) is 0. The molecule has 1 aromatic carbocycles. The molecule has 1 N–H and O–H groups in total. The van der Waals surface area contributed by atoms with E-state index in [1.165, 1.54) is 5.56 Å². The number of benzene rings is 1. The molecule has 0 atom stereocenters. The lowest BCUT2D eigenvalue weighted by Crippen LogP contribution is -2.35. The highest BCUT2D eigenvalue weighted by Crippen LogP contribution is 2.12. The molecule has 1 aromatic rings. The predicted octanol–water partition coefficient (Wildman–Crippen LogP) is 2.65. The molecule has 94 valence electrons. The topological polar surface area (TPSA) is 32.3 Å². The molecule has 0 unspecified atom stereocenters. The Balaban J connectivity index is 2.16. The summed E-state index contributed by atoms with van der Waals surface area (Å²) in [6.07, 6.45) is 3.49. The van der Waals surface area contributed by atoms with E-state index >= 15 is 0 Å². The number of halogens is 1. The molecule has 0 heterocycles. The van der Waals surface area contributed by atoms with Crippen molar-refractivity contribution in [3.63, 3.8) is 0 Å². The van der Waals surface area contributed by atoms with Crippen LogP contribution in [0.1, 0.15) is 24.8 Å². The van der Waals surface area contributed by atoms with E-state index < -0.39 is 0 Å². The van der Waals surface area contributed by atoms with Crippen molar-refractivity contribution in [3.05, 3.63) is 34.9 Å². The fourth-order valence-electron chi connectivity index (χ4n) is 1.57. The molecular formula is C13H19ClN2O. The maximum Gasteiger partial charge on any atom is 0.234 e. The molecule has 1 rings (SSSR count). The number of aryl methyl sites for hydroxylation is 1. The van der Waals surface area contributed by atoms with E-state index in [9.17, 15) is 4.79 Å². The molecule has 1 amide bonds. The van der Waals surface area contributed by atoms with Crippen molar-refractivity contribution in [2.45, 2.75) is 25.7 Å². The average molecular weight is 255 g/mol. The van der Waals surface area contributed by atoms with Gasteiger partial charge < -0.3 is 0 Å². The van der Waals surface area contributed by atoms with Crippen molar-refractivity contribution in [3.8, 4) is 0 Å². The second kappa shape index (κ2) is 7.30. The van der Waals surface area contributed by atoms with Crippen molar-refractivity contribution in [1.82, 2.24) is 10.4 Å². The van der Waals surface area contributed by atoms with Crippen molar-refractivity contribution >= 4 is 17.5 Å². The first-order valence-electron chi connectivity index (χ1n) is 5.79. The van der Waals surface area contributed by atoms with Gasteiger partial charge in [0.15, 0.2) is 0 Å². The minimum atomic E-state index is 0.0751. The molecule has 0 radical (unpaired) electrons. The monoisotopic (exact) mass is 254 g/mol. The van der Waals surface area contributed by atoms with E-state index in [1.807, 2.05) is 38.4 Å². The van der Waals surface area contributed by atoms with Gasteiger partial charge in [-0.2, -0.15) is 0 Å². The normalized spacial score (nSPS) is 10.6. The van der Waals surface area contributed by atoms with Crippen molar-refractivity contribution in [1.29, 1.82) is 0 Å². The van der Waals surface area contributed by atoms with E-state index in [0.29, 0.717) is 6.42 Å². The zero-order valence-corrected chi connectivity index (χ0v) is 11.1. The largest absolute Gasteiger partial charge is 0.289 e. The number of amides is 1. The first kappa shape index (κ1) is 14.0. The zero-order valence-electron chi connectivity index (χ0n) is 10.4. The van der Waals surface area contributed by atoms with Crippen LogP contribution < -0.4 is 5.43 Å². The third-order valence-corrected chi connectivity index (χ3v) is 2.63. The fraction of sp³-hybridized carbons (Fsp3) is 0.462. The van der Waals surface area contributed by atoms with E-state index in [4.69, 9.17) is 11.6 Å². The van der Waals surface area contributed by atoms with Crippen molar-refractivity contribution in [2.75, 3.05) is 14.1 Å². The van der Waals surface area contributed by atoms with Gasteiger partial charge in [0.1, 0.15) is 0 Å². The minimum Gasteiger partial charge on any atom is -0.289 e. The standard InChI is InChI=1S/C13H19ClN2O/c1-16(2)15-13(17)6-4-3-5-11-7-9-12(14)10-8-11/h7-10H,3-6H2,1-2H3,(H,15,17). The highest BCUT2D eigenvalue weighted by atomic mass is 35.5. The summed E-state index contributed by atoms with van der Waals surface area (Å²) in [4.78, 5) is 11.3. The fourth-order valence-corrected chi connectivity index (χ4v) is 1.70. The van der Waals surface area contributed by atoms with Crippen LogP contribution in [-0.2, 0) is 11.2 Å². The van der Waals surface area contributed by atoms with Gasteiger partial charge in [0.25, 0.3) is 0 Å². The highest BCUT2D eigenvalue weighted by Gasteiger charge is 2.01. The molecule has 0 aromatic heterocycles.